The smallest absolute Gasteiger partial charge is 0.387 e. The van der Waals surface area contributed by atoms with Gasteiger partial charge in [-0.2, -0.15) is 8.78 Å². The highest BCUT2D eigenvalue weighted by Gasteiger charge is 2.34. The zero-order chi connectivity index (χ0) is 19.7. The highest BCUT2D eigenvalue weighted by Crippen LogP contribution is 2.47. The molecule has 2 aliphatic carbocycles. The van der Waals surface area contributed by atoms with Crippen LogP contribution in [-0.4, -0.2) is 6.61 Å². The molecule has 0 aliphatic heterocycles. The van der Waals surface area contributed by atoms with Gasteiger partial charge in [-0.15, -0.1) is 0 Å². The van der Waals surface area contributed by atoms with Gasteiger partial charge >= 0.3 is 6.61 Å². The lowest BCUT2D eigenvalue weighted by atomic mass is 9.64. The topological polar surface area (TPSA) is 9.23 Å². The number of benzene rings is 2. The standard InChI is InChI=1S/C24H27F3O/c1-15-2-3-20-13-19(9-8-18(20)12-15)16-4-6-17(7-5-16)21-10-11-23(22(25)14-21)28-24(26)27/h4-7,10-11,14-15,18-20,24H,2-3,8-9,12-13H2,1H3. The number of rotatable bonds is 4. The van der Waals surface area contributed by atoms with Crippen molar-refractivity contribution in [3.8, 4) is 16.9 Å². The molecular formula is C24H27F3O. The van der Waals surface area contributed by atoms with Gasteiger partial charge < -0.3 is 4.74 Å². The van der Waals surface area contributed by atoms with Gasteiger partial charge in [-0.05, 0) is 84.6 Å². The SMILES string of the molecule is CC1CCC2CC(c3ccc(-c4ccc(OC(F)F)c(F)c4)cc3)CCC2C1. The highest BCUT2D eigenvalue weighted by atomic mass is 19.3. The first-order chi connectivity index (χ1) is 13.5. The minimum atomic E-state index is -3.03. The van der Waals surface area contributed by atoms with Gasteiger partial charge in [0, 0.05) is 0 Å². The van der Waals surface area contributed by atoms with E-state index in [0.29, 0.717) is 11.5 Å². The van der Waals surface area contributed by atoms with Crippen LogP contribution in [0.5, 0.6) is 5.75 Å². The van der Waals surface area contributed by atoms with Crippen LogP contribution >= 0.6 is 0 Å². The van der Waals surface area contributed by atoms with Crippen molar-refractivity contribution < 1.29 is 17.9 Å². The minimum absolute atomic E-state index is 0.422. The lowest BCUT2D eigenvalue weighted by Gasteiger charge is -2.41. The van der Waals surface area contributed by atoms with Crippen LogP contribution in [0.3, 0.4) is 0 Å². The highest BCUT2D eigenvalue weighted by molar-refractivity contribution is 5.64. The van der Waals surface area contributed by atoms with Gasteiger partial charge in [0.2, 0.25) is 0 Å². The van der Waals surface area contributed by atoms with E-state index in [1.807, 2.05) is 12.1 Å². The van der Waals surface area contributed by atoms with Gasteiger partial charge in [0.05, 0.1) is 0 Å². The molecule has 0 saturated heterocycles. The average molecular weight is 388 g/mol. The van der Waals surface area contributed by atoms with Gasteiger partial charge in [0.25, 0.3) is 0 Å². The quantitative estimate of drug-likeness (QED) is 0.530. The van der Waals surface area contributed by atoms with E-state index < -0.39 is 18.2 Å². The summed E-state index contributed by atoms with van der Waals surface area (Å²) in [5, 5.41) is 0. The zero-order valence-corrected chi connectivity index (χ0v) is 16.2. The Kier molecular flexibility index (Phi) is 5.65. The molecule has 0 aromatic heterocycles. The average Bonchev–Trinajstić information content (AvgIpc) is 2.69. The molecule has 0 N–H and O–H groups in total. The fourth-order valence-corrected chi connectivity index (χ4v) is 5.25. The van der Waals surface area contributed by atoms with Crippen LogP contribution in [0.4, 0.5) is 13.2 Å². The largest absolute Gasteiger partial charge is 0.432 e. The first kappa shape index (κ1) is 19.4. The second-order valence-electron chi connectivity index (χ2n) is 8.59. The predicted molar refractivity (Wildman–Crippen MR) is 105 cm³/mol. The van der Waals surface area contributed by atoms with Crippen LogP contribution in [0.15, 0.2) is 42.5 Å². The van der Waals surface area contributed by atoms with Gasteiger partial charge in [0.15, 0.2) is 11.6 Å². The first-order valence-electron chi connectivity index (χ1n) is 10.3. The molecule has 2 saturated carbocycles. The van der Waals surface area contributed by atoms with Crippen molar-refractivity contribution in [3.63, 3.8) is 0 Å². The summed E-state index contributed by atoms with van der Waals surface area (Å²) < 4.78 is 42.7. The molecule has 2 fully saturated rings. The van der Waals surface area contributed by atoms with E-state index in [4.69, 9.17) is 0 Å². The van der Waals surface area contributed by atoms with Crippen LogP contribution in [0.25, 0.3) is 11.1 Å². The Morgan fingerprint density at radius 1 is 0.857 bits per heavy atom. The number of halogens is 3. The van der Waals surface area contributed by atoms with Crippen LogP contribution in [0.1, 0.15) is 56.9 Å². The van der Waals surface area contributed by atoms with E-state index >= 15 is 0 Å². The van der Waals surface area contributed by atoms with Crippen molar-refractivity contribution in [1.82, 2.24) is 0 Å². The molecule has 4 unspecified atom stereocenters. The Labute approximate surface area is 164 Å². The van der Waals surface area contributed by atoms with E-state index in [1.54, 1.807) is 6.07 Å². The lowest BCUT2D eigenvalue weighted by molar-refractivity contribution is -0.0521. The summed E-state index contributed by atoms with van der Waals surface area (Å²) in [4.78, 5) is 0. The van der Waals surface area contributed by atoms with Crippen molar-refractivity contribution >= 4 is 0 Å². The molecule has 0 amide bonds. The molecule has 0 spiro atoms. The molecule has 1 nitrogen and oxygen atoms in total. The van der Waals surface area contributed by atoms with Crippen LogP contribution in [0.2, 0.25) is 0 Å². The summed E-state index contributed by atoms with van der Waals surface area (Å²) in [7, 11) is 0. The third kappa shape index (κ3) is 4.21. The summed E-state index contributed by atoms with van der Waals surface area (Å²) in [6.45, 7) is -0.641. The van der Waals surface area contributed by atoms with Gasteiger partial charge in [-0.3, -0.25) is 0 Å². The molecule has 28 heavy (non-hydrogen) atoms. The maximum Gasteiger partial charge on any atom is 0.387 e. The summed E-state index contributed by atoms with van der Waals surface area (Å²) in [6.07, 6.45) is 7.99. The molecule has 2 aromatic rings. The number of ether oxygens (including phenoxy) is 1. The minimum Gasteiger partial charge on any atom is -0.432 e. The van der Waals surface area contributed by atoms with E-state index in [-0.39, 0.29) is 0 Å². The summed E-state index contributed by atoms with van der Waals surface area (Å²) in [6, 6.07) is 12.4. The fraction of sp³-hybridized carbons (Fsp3) is 0.500. The zero-order valence-electron chi connectivity index (χ0n) is 16.2. The lowest BCUT2D eigenvalue weighted by Crippen LogP contribution is -2.29. The van der Waals surface area contributed by atoms with Crippen LogP contribution < -0.4 is 4.74 Å². The second kappa shape index (κ2) is 8.18. The molecule has 2 aromatic carbocycles. The van der Waals surface area contributed by atoms with Crippen molar-refractivity contribution in [2.75, 3.05) is 0 Å². The number of alkyl halides is 2. The predicted octanol–water partition coefficient (Wildman–Crippen LogP) is 7.41. The Hall–Kier alpha value is -1.97. The van der Waals surface area contributed by atoms with Gasteiger partial charge in [-0.25, -0.2) is 4.39 Å². The van der Waals surface area contributed by atoms with Crippen LogP contribution in [-0.2, 0) is 0 Å². The third-order valence-corrected chi connectivity index (χ3v) is 6.74. The third-order valence-electron chi connectivity index (χ3n) is 6.74. The van der Waals surface area contributed by atoms with E-state index in [1.165, 1.54) is 56.2 Å². The Bertz CT molecular complexity index is 802. The van der Waals surface area contributed by atoms with Crippen molar-refractivity contribution in [1.29, 1.82) is 0 Å². The molecule has 4 atom stereocenters. The molecule has 0 radical (unpaired) electrons. The van der Waals surface area contributed by atoms with Crippen LogP contribution in [0, 0.1) is 23.6 Å². The molecule has 4 rings (SSSR count). The molecular weight excluding hydrogens is 361 g/mol. The van der Waals surface area contributed by atoms with E-state index in [0.717, 1.165) is 23.3 Å². The van der Waals surface area contributed by atoms with Gasteiger partial charge in [0.1, 0.15) is 0 Å². The summed E-state index contributed by atoms with van der Waals surface area (Å²) in [5.41, 5.74) is 2.90. The summed E-state index contributed by atoms with van der Waals surface area (Å²) in [5.74, 6) is 2.08. The summed E-state index contributed by atoms with van der Waals surface area (Å²) >= 11 is 0. The molecule has 150 valence electrons. The normalized spacial score (nSPS) is 27.5. The van der Waals surface area contributed by atoms with E-state index in [2.05, 4.69) is 23.8 Å². The molecule has 0 bridgehead atoms. The second-order valence-corrected chi connectivity index (χ2v) is 8.59. The van der Waals surface area contributed by atoms with E-state index in [9.17, 15) is 13.2 Å². The Morgan fingerprint density at radius 2 is 1.54 bits per heavy atom. The van der Waals surface area contributed by atoms with Crippen molar-refractivity contribution in [2.24, 2.45) is 17.8 Å². The molecule has 2 aliphatic rings. The monoisotopic (exact) mass is 388 g/mol. The number of hydrogen-bond acceptors (Lipinski definition) is 1. The maximum absolute atomic E-state index is 14.0. The maximum atomic E-state index is 14.0. The molecule has 4 heteroatoms. The van der Waals surface area contributed by atoms with Crippen molar-refractivity contribution in [3.05, 3.63) is 53.8 Å². The Balaban J connectivity index is 1.45. The number of fused-ring (bicyclic) bond motifs is 1. The molecule has 0 heterocycles. The Morgan fingerprint density at radius 3 is 2.25 bits per heavy atom. The number of hydrogen-bond donors (Lipinski definition) is 0. The van der Waals surface area contributed by atoms with Crippen molar-refractivity contribution in [2.45, 2.75) is 58.0 Å². The van der Waals surface area contributed by atoms with Gasteiger partial charge in [-0.1, -0.05) is 43.7 Å². The fourth-order valence-electron chi connectivity index (χ4n) is 5.25. The first-order valence-corrected chi connectivity index (χ1v) is 10.3.